The Bertz CT molecular complexity index is 744. The van der Waals surface area contributed by atoms with Crippen LogP contribution in [0.5, 0.6) is 0 Å². The molecule has 1 aromatic heterocycles. The minimum atomic E-state index is -0.775. The first-order valence-corrected chi connectivity index (χ1v) is 8.91. The van der Waals surface area contributed by atoms with Gasteiger partial charge in [0.2, 0.25) is 0 Å². The van der Waals surface area contributed by atoms with E-state index in [1.165, 1.54) is 16.8 Å². The molecule has 5 nitrogen and oxygen atoms in total. The minimum absolute atomic E-state index is 0.0473. The number of carboxylic acids is 1. The Morgan fingerprint density at radius 2 is 1.96 bits per heavy atom. The van der Waals surface area contributed by atoms with Gasteiger partial charge in [0.15, 0.2) is 0 Å². The molecule has 0 saturated carbocycles. The van der Waals surface area contributed by atoms with Gasteiger partial charge in [0.05, 0.1) is 18.7 Å². The first-order valence-electron chi connectivity index (χ1n) is 8.91. The molecule has 0 saturated heterocycles. The fourth-order valence-electron chi connectivity index (χ4n) is 3.51. The molecule has 1 N–H and O–H groups in total. The number of carbonyl (C=O) groups is 1. The van der Waals surface area contributed by atoms with Gasteiger partial charge in [-0.1, -0.05) is 51.1 Å². The smallest absolute Gasteiger partial charge is 0.305 e. The Morgan fingerprint density at radius 1 is 1.24 bits per heavy atom. The zero-order valence-electron chi connectivity index (χ0n) is 15.3. The largest absolute Gasteiger partial charge is 0.481 e. The number of aryl methyl sites for hydroxylation is 1. The van der Waals surface area contributed by atoms with E-state index in [-0.39, 0.29) is 11.8 Å². The molecule has 1 aromatic carbocycles. The van der Waals surface area contributed by atoms with Crippen molar-refractivity contribution in [1.82, 2.24) is 14.7 Å². The van der Waals surface area contributed by atoms with Gasteiger partial charge in [-0.3, -0.25) is 14.4 Å². The average molecular weight is 341 g/mol. The molecule has 0 fully saturated rings. The number of rotatable bonds is 5. The molecular formula is C20H27N3O2. The zero-order valence-corrected chi connectivity index (χ0v) is 15.3. The third kappa shape index (κ3) is 4.10. The van der Waals surface area contributed by atoms with E-state index < -0.39 is 5.97 Å². The van der Waals surface area contributed by atoms with E-state index in [1.54, 1.807) is 0 Å². The third-order valence-corrected chi connectivity index (χ3v) is 4.71. The lowest BCUT2D eigenvalue weighted by Crippen LogP contribution is -2.32. The number of carboxylic acid groups (broad SMARTS) is 1. The summed E-state index contributed by atoms with van der Waals surface area (Å²) in [6.45, 7) is 9.76. The number of aliphatic carboxylic acids is 1. The van der Waals surface area contributed by atoms with Gasteiger partial charge >= 0.3 is 5.97 Å². The number of fused-ring (bicyclic) bond motifs is 1. The predicted molar refractivity (Wildman–Crippen MR) is 97.4 cm³/mol. The second kappa shape index (κ2) is 7.00. The molecule has 2 heterocycles. The van der Waals surface area contributed by atoms with Gasteiger partial charge in [0, 0.05) is 42.7 Å². The fraction of sp³-hybridized carbons (Fsp3) is 0.500. The molecular weight excluding hydrogens is 314 g/mol. The van der Waals surface area contributed by atoms with Gasteiger partial charge < -0.3 is 5.11 Å². The molecule has 1 aliphatic rings. The molecule has 0 atom stereocenters. The molecule has 3 rings (SSSR count). The quantitative estimate of drug-likeness (QED) is 0.907. The molecule has 5 heteroatoms. The summed E-state index contributed by atoms with van der Waals surface area (Å²) in [5.41, 5.74) is 4.89. The van der Waals surface area contributed by atoms with E-state index in [9.17, 15) is 4.79 Å². The van der Waals surface area contributed by atoms with Crippen molar-refractivity contribution in [2.24, 2.45) is 0 Å². The highest BCUT2D eigenvalue weighted by molar-refractivity contribution is 5.66. The Balaban J connectivity index is 1.85. The summed E-state index contributed by atoms with van der Waals surface area (Å²) in [4.78, 5) is 13.4. The molecule has 2 aromatic rings. The van der Waals surface area contributed by atoms with Gasteiger partial charge in [-0.25, -0.2) is 0 Å². The van der Waals surface area contributed by atoms with Crippen LogP contribution in [-0.2, 0) is 36.3 Å². The van der Waals surface area contributed by atoms with Crippen molar-refractivity contribution < 1.29 is 9.90 Å². The SMILES string of the molecule is CC(C)(C)c1nn(CCC(=O)O)c2c1CN(Cc1ccccc1)CC2. The highest BCUT2D eigenvalue weighted by atomic mass is 16.4. The monoisotopic (exact) mass is 341 g/mol. The van der Waals surface area contributed by atoms with Crippen LogP contribution in [0.1, 0.15) is 49.7 Å². The second-order valence-corrected chi connectivity index (χ2v) is 7.84. The van der Waals surface area contributed by atoms with Gasteiger partial charge in [-0.15, -0.1) is 0 Å². The molecule has 0 aliphatic carbocycles. The van der Waals surface area contributed by atoms with Gasteiger partial charge in [-0.05, 0) is 5.56 Å². The lowest BCUT2D eigenvalue weighted by Gasteiger charge is -2.29. The van der Waals surface area contributed by atoms with Crippen LogP contribution in [-0.4, -0.2) is 32.3 Å². The van der Waals surface area contributed by atoms with Gasteiger partial charge in [-0.2, -0.15) is 5.10 Å². The molecule has 0 radical (unpaired) electrons. The van der Waals surface area contributed by atoms with Crippen LogP contribution < -0.4 is 0 Å². The van der Waals surface area contributed by atoms with Crippen molar-refractivity contribution in [1.29, 1.82) is 0 Å². The molecule has 0 unspecified atom stereocenters. The van der Waals surface area contributed by atoms with E-state index in [2.05, 4.69) is 49.9 Å². The first kappa shape index (κ1) is 17.7. The number of nitrogens with zero attached hydrogens (tertiary/aromatic N) is 3. The average Bonchev–Trinajstić information content (AvgIpc) is 2.92. The highest BCUT2D eigenvalue weighted by Crippen LogP contribution is 2.31. The second-order valence-electron chi connectivity index (χ2n) is 7.84. The normalized spacial score (nSPS) is 15.2. The first-order chi connectivity index (χ1) is 11.8. The Labute approximate surface area is 149 Å². The van der Waals surface area contributed by atoms with Crippen molar-refractivity contribution in [3.8, 4) is 0 Å². The Kier molecular flexibility index (Phi) is 4.95. The maximum absolute atomic E-state index is 11.0. The zero-order chi connectivity index (χ0) is 18.0. The van der Waals surface area contributed by atoms with Crippen molar-refractivity contribution in [2.45, 2.75) is 58.7 Å². The lowest BCUT2D eigenvalue weighted by molar-refractivity contribution is -0.137. The topological polar surface area (TPSA) is 58.4 Å². The van der Waals surface area contributed by atoms with E-state index >= 15 is 0 Å². The predicted octanol–water partition coefficient (Wildman–Crippen LogP) is 3.21. The summed E-state index contributed by atoms with van der Waals surface area (Å²) in [7, 11) is 0. The molecule has 0 spiro atoms. The van der Waals surface area contributed by atoms with Crippen molar-refractivity contribution in [2.75, 3.05) is 6.54 Å². The van der Waals surface area contributed by atoms with Gasteiger partial charge in [0.25, 0.3) is 0 Å². The maximum atomic E-state index is 11.0. The Morgan fingerprint density at radius 3 is 2.60 bits per heavy atom. The molecule has 1 aliphatic heterocycles. The number of hydrogen-bond acceptors (Lipinski definition) is 3. The summed E-state index contributed by atoms with van der Waals surface area (Å²) < 4.78 is 1.93. The third-order valence-electron chi connectivity index (χ3n) is 4.71. The minimum Gasteiger partial charge on any atom is -0.481 e. The highest BCUT2D eigenvalue weighted by Gasteiger charge is 2.30. The van der Waals surface area contributed by atoms with Crippen LogP contribution in [0, 0.1) is 0 Å². The van der Waals surface area contributed by atoms with Gasteiger partial charge in [0.1, 0.15) is 0 Å². The molecule has 134 valence electrons. The van der Waals surface area contributed by atoms with Crippen LogP contribution in [0.2, 0.25) is 0 Å². The standard InChI is InChI=1S/C20H27N3O2/c1-20(2,3)19-16-14-22(13-15-7-5-4-6-8-15)11-9-17(16)23(21-19)12-10-18(24)25/h4-8H,9-14H2,1-3H3,(H,24,25). The molecule has 0 amide bonds. The lowest BCUT2D eigenvalue weighted by atomic mass is 9.87. The fourth-order valence-corrected chi connectivity index (χ4v) is 3.51. The van der Waals surface area contributed by atoms with E-state index in [1.807, 2.05) is 10.7 Å². The summed E-state index contributed by atoms with van der Waals surface area (Å²) in [5, 5.41) is 13.8. The summed E-state index contributed by atoms with van der Waals surface area (Å²) in [6, 6.07) is 10.5. The maximum Gasteiger partial charge on any atom is 0.305 e. The molecule has 25 heavy (non-hydrogen) atoms. The number of aromatic nitrogens is 2. The number of hydrogen-bond donors (Lipinski definition) is 1. The van der Waals surface area contributed by atoms with Crippen molar-refractivity contribution in [3.63, 3.8) is 0 Å². The van der Waals surface area contributed by atoms with E-state index in [0.717, 1.165) is 31.7 Å². The summed E-state index contributed by atoms with van der Waals surface area (Å²) >= 11 is 0. The molecule has 0 bridgehead atoms. The van der Waals surface area contributed by atoms with E-state index in [0.29, 0.717) is 6.54 Å². The van der Waals surface area contributed by atoms with Crippen LogP contribution in [0.15, 0.2) is 30.3 Å². The van der Waals surface area contributed by atoms with Crippen LogP contribution in [0.4, 0.5) is 0 Å². The number of benzene rings is 1. The summed E-state index contributed by atoms with van der Waals surface area (Å²) in [5.74, 6) is -0.775. The van der Waals surface area contributed by atoms with Crippen LogP contribution >= 0.6 is 0 Å². The van der Waals surface area contributed by atoms with Crippen LogP contribution in [0.25, 0.3) is 0 Å². The van der Waals surface area contributed by atoms with Crippen LogP contribution in [0.3, 0.4) is 0 Å². The van der Waals surface area contributed by atoms with Crippen molar-refractivity contribution in [3.05, 3.63) is 52.8 Å². The Hall–Kier alpha value is -2.14. The summed E-state index contributed by atoms with van der Waals surface area (Å²) in [6.07, 6.45) is 1.04. The van der Waals surface area contributed by atoms with E-state index in [4.69, 9.17) is 10.2 Å². The van der Waals surface area contributed by atoms with Crippen molar-refractivity contribution >= 4 is 5.97 Å².